The maximum absolute atomic E-state index is 11.7. The Labute approximate surface area is 98.4 Å². The first-order valence-electron chi connectivity index (χ1n) is 5.54. The van der Waals surface area contributed by atoms with Gasteiger partial charge < -0.3 is 4.98 Å². The smallest absolute Gasteiger partial charge is 0.266 e. The van der Waals surface area contributed by atoms with Gasteiger partial charge in [0, 0.05) is 5.56 Å². The standard InChI is InChI=1S/C14H10N2O/c15-8-11-7-10-6-5-9-3-1-2-4-12(9)13(10)16-14(11)17/h1-4,7H,5-6H2,(H,16,17). The number of nitrogens with one attached hydrogen (secondary N) is 1. The molecule has 17 heavy (non-hydrogen) atoms. The second-order valence-corrected chi connectivity index (χ2v) is 4.18. The highest BCUT2D eigenvalue weighted by Crippen LogP contribution is 2.30. The van der Waals surface area contributed by atoms with Gasteiger partial charge >= 0.3 is 0 Å². The highest BCUT2D eigenvalue weighted by molar-refractivity contribution is 5.69. The number of nitrogens with zero attached hydrogens (tertiary/aromatic N) is 1. The first-order chi connectivity index (χ1) is 8.29. The van der Waals surface area contributed by atoms with Crippen molar-refractivity contribution < 1.29 is 0 Å². The van der Waals surface area contributed by atoms with E-state index < -0.39 is 0 Å². The van der Waals surface area contributed by atoms with Crippen LogP contribution in [0.25, 0.3) is 11.3 Å². The summed E-state index contributed by atoms with van der Waals surface area (Å²) in [6.45, 7) is 0. The van der Waals surface area contributed by atoms with Crippen LogP contribution < -0.4 is 5.56 Å². The summed E-state index contributed by atoms with van der Waals surface area (Å²) in [6, 6.07) is 11.7. The van der Waals surface area contributed by atoms with E-state index in [-0.39, 0.29) is 11.1 Å². The summed E-state index contributed by atoms with van der Waals surface area (Å²) in [5.41, 5.74) is 4.15. The van der Waals surface area contributed by atoms with E-state index in [4.69, 9.17) is 5.26 Å². The molecule has 0 atom stereocenters. The second kappa shape index (κ2) is 3.60. The van der Waals surface area contributed by atoms with Gasteiger partial charge in [0.25, 0.3) is 5.56 Å². The summed E-state index contributed by atoms with van der Waals surface area (Å²) in [6.07, 6.45) is 1.83. The summed E-state index contributed by atoms with van der Waals surface area (Å²) in [4.78, 5) is 14.5. The van der Waals surface area contributed by atoms with Crippen molar-refractivity contribution >= 4 is 0 Å². The minimum absolute atomic E-state index is 0.197. The summed E-state index contributed by atoms with van der Waals surface area (Å²) >= 11 is 0. The highest BCUT2D eigenvalue weighted by Gasteiger charge is 2.17. The molecule has 1 aromatic carbocycles. The molecule has 0 bridgehead atoms. The van der Waals surface area contributed by atoms with Crippen LogP contribution in [0.2, 0.25) is 0 Å². The molecule has 1 aliphatic carbocycles. The Morgan fingerprint density at radius 2 is 1.94 bits per heavy atom. The van der Waals surface area contributed by atoms with Crippen molar-refractivity contribution in [3.05, 3.63) is 57.4 Å². The van der Waals surface area contributed by atoms with Gasteiger partial charge in [0.2, 0.25) is 0 Å². The highest BCUT2D eigenvalue weighted by atomic mass is 16.1. The Morgan fingerprint density at radius 1 is 1.18 bits per heavy atom. The lowest BCUT2D eigenvalue weighted by Crippen LogP contribution is -2.16. The second-order valence-electron chi connectivity index (χ2n) is 4.18. The monoisotopic (exact) mass is 222 g/mol. The maximum atomic E-state index is 11.7. The molecule has 0 unspecified atom stereocenters. The lowest BCUT2D eigenvalue weighted by molar-refractivity contribution is 0.921. The van der Waals surface area contributed by atoms with Crippen molar-refractivity contribution in [3.8, 4) is 17.3 Å². The molecular weight excluding hydrogens is 212 g/mol. The topological polar surface area (TPSA) is 56.6 Å². The van der Waals surface area contributed by atoms with Crippen LogP contribution in [0, 0.1) is 11.3 Å². The molecular formula is C14H10N2O. The number of pyridine rings is 1. The molecule has 1 heterocycles. The van der Waals surface area contributed by atoms with Crippen LogP contribution in [0.15, 0.2) is 35.1 Å². The fourth-order valence-corrected chi connectivity index (χ4v) is 2.35. The van der Waals surface area contributed by atoms with Gasteiger partial charge in [-0.15, -0.1) is 0 Å². The van der Waals surface area contributed by atoms with Crippen LogP contribution in [-0.2, 0) is 12.8 Å². The van der Waals surface area contributed by atoms with Crippen LogP contribution >= 0.6 is 0 Å². The predicted octanol–water partition coefficient (Wildman–Crippen LogP) is 2.01. The number of aromatic nitrogens is 1. The molecule has 0 saturated carbocycles. The molecule has 0 saturated heterocycles. The quantitative estimate of drug-likeness (QED) is 0.741. The first-order valence-corrected chi connectivity index (χ1v) is 5.54. The van der Waals surface area contributed by atoms with Crippen molar-refractivity contribution in [3.63, 3.8) is 0 Å². The Morgan fingerprint density at radius 3 is 2.76 bits per heavy atom. The Kier molecular flexibility index (Phi) is 2.09. The average Bonchev–Trinajstić information content (AvgIpc) is 2.38. The molecule has 0 radical (unpaired) electrons. The van der Waals surface area contributed by atoms with E-state index in [9.17, 15) is 4.79 Å². The Hall–Kier alpha value is -2.34. The summed E-state index contributed by atoms with van der Waals surface area (Å²) in [7, 11) is 0. The van der Waals surface area contributed by atoms with Crippen molar-refractivity contribution in [1.29, 1.82) is 5.26 Å². The molecule has 2 aromatic rings. The van der Waals surface area contributed by atoms with Gasteiger partial charge in [-0.25, -0.2) is 0 Å². The zero-order chi connectivity index (χ0) is 11.8. The number of aromatic amines is 1. The number of aryl methyl sites for hydroxylation is 2. The first kappa shape index (κ1) is 9.86. The maximum Gasteiger partial charge on any atom is 0.266 e. The third-order valence-electron chi connectivity index (χ3n) is 3.19. The van der Waals surface area contributed by atoms with E-state index >= 15 is 0 Å². The van der Waals surface area contributed by atoms with Gasteiger partial charge in [0.05, 0.1) is 5.69 Å². The van der Waals surface area contributed by atoms with E-state index in [2.05, 4.69) is 11.1 Å². The zero-order valence-electron chi connectivity index (χ0n) is 9.16. The molecule has 0 aliphatic heterocycles. The number of hydrogen-bond donors (Lipinski definition) is 1. The molecule has 3 nitrogen and oxygen atoms in total. The third kappa shape index (κ3) is 1.46. The molecule has 0 fully saturated rings. The molecule has 1 aliphatic rings. The average molecular weight is 222 g/mol. The van der Waals surface area contributed by atoms with Crippen LogP contribution in [-0.4, -0.2) is 4.98 Å². The number of hydrogen-bond acceptors (Lipinski definition) is 2. The lowest BCUT2D eigenvalue weighted by atomic mass is 9.88. The van der Waals surface area contributed by atoms with E-state index in [1.807, 2.05) is 24.3 Å². The van der Waals surface area contributed by atoms with Crippen molar-refractivity contribution in [1.82, 2.24) is 4.98 Å². The van der Waals surface area contributed by atoms with Gasteiger partial charge in [-0.3, -0.25) is 4.79 Å². The minimum atomic E-state index is -0.303. The lowest BCUT2D eigenvalue weighted by Gasteiger charge is -2.19. The zero-order valence-corrected chi connectivity index (χ0v) is 9.16. The number of benzene rings is 1. The van der Waals surface area contributed by atoms with Gasteiger partial charge in [0.1, 0.15) is 11.6 Å². The van der Waals surface area contributed by atoms with Crippen LogP contribution in [0.4, 0.5) is 0 Å². The number of H-pyrrole nitrogens is 1. The van der Waals surface area contributed by atoms with Crippen LogP contribution in [0.5, 0.6) is 0 Å². The third-order valence-corrected chi connectivity index (χ3v) is 3.19. The summed E-state index contributed by atoms with van der Waals surface area (Å²) < 4.78 is 0. The van der Waals surface area contributed by atoms with Crippen LogP contribution in [0.1, 0.15) is 16.7 Å². The van der Waals surface area contributed by atoms with E-state index in [1.165, 1.54) is 5.56 Å². The van der Waals surface area contributed by atoms with Gasteiger partial charge in [-0.05, 0) is 30.0 Å². The number of rotatable bonds is 0. The van der Waals surface area contributed by atoms with Crippen molar-refractivity contribution in [2.45, 2.75) is 12.8 Å². The molecule has 1 aromatic heterocycles. The fourth-order valence-electron chi connectivity index (χ4n) is 2.35. The Bertz CT molecular complexity index is 692. The normalized spacial score (nSPS) is 12.4. The van der Waals surface area contributed by atoms with Gasteiger partial charge in [-0.1, -0.05) is 24.3 Å². The molecule has 0 amide bonds. The van der Waals surface area contributed by atoms with Crippen molar-refractivity contribution in [2.75, 3.05) is 0 Å². The predicted molar refractivity (Wildman–Crippen MR) is 64.6 cm³/mol. The van der Waals surface area contributed by atoms with Crippen LogP contribution in [0.3, 0.4) is 0 Å². The van der Waals surface area contributed by atoms with Gasteiger partial charge in [-0.2, -0.15) is 5.26 Å². The fraction of sp³-hybridized carbons (Fsp3) is 0.143. The number of fused-ring (bicyclic) bond motifs is 3. The van der Waals surface area contributed by atoms with Gasteiger partial charge in [0.15, 0.2) is 0 Å². The molecule has 82 valence electrons. The summed E-state index contributed by atoms with van der Waals surface area (Å²) in [5.74, 6) is 0. The van der Waals surface area contributed by atoms with E-state index in [1.54, 1.807) is 6.07 Å². The molecule has 3 rings (SSSR count). The molecule has 0 spiro atoms. The molecule has 3 heteroatoms. The molecule has 1 N–H and O–H groups in total. The van der Waals surface area contributed by atoms with E-state index in [0.29, 0.717) is 0 Å². The van der Waals surface area contributed by atoms with E-state index in [0.717, 1.165) is 29.7 Å². The summed E-state index contributed by atoms with van der Waals surface area (Å²) in [5, 5.41) is 8.85. The largest absolute Gasteiger partial charge is 0.321 e. The SMILES string of the molecule is N#Cc1cc2c([nH]c1=O)-c1ccccc1CC2. The minimum Gasteiger partial charge on any atom is -0.321 e. The number of nitriles is 1. The van der Waals surface area contributed by atoms with Crippen molar-refractivity contribution in [2.24, 2.45) is 0 Å². The Balaban J connectivity index is 2.31.